The van der Waals surface area contributed by atoms with Crippen molar-refractivity contribution >= 4 is 35.1 Å². The highest BCUT2D eigenvalue weighted by Crippen LogP contribution is 2.24. The number of anilines is 2. The molecule has 1 atom stereocenters. The van der Waals surface area contributed by atoms with Crippen molar-refractivity contribution in [3.05, 3.63) is 35.6 Å². The van der Waals surface area contributed by atoms with Crippen molar-refractivity contribution in [1.29, 1.82) is 0 Å². The number of phenols is 1. The van der Waals surface area contributed by atoms with Gasteiger partial charge in [0.15, 0.2) is 5.82 Å². The Morgan fingerprint density at radius 1 is 1.29 bits per heavy atom. The Balaban J connectivity index is 1.81. The largest absolute Gasteiger partial charge is 0.506 e. The van der Waals surface area contributed by atoms with Gasteiger partial charge in [-0.15, -0.1) is 11.8 Å². The third kappa shape index (κ3) is 5.02. The van der Waals surface area contributed by atoms with E-state index in [-0.39, 0.29) is 23.3 Å². The van der Waals surface area contributed by atoms with Crippen LogP contribution in [-0.2, 0) is 9.59 Å². The first-order valence-corrected chi connectivity index (χ1v) is 8.35. The van der Waals surface area contributed by atoms with E-state index in [1.807, 2.05) is 6.92 Å². The van der Waals surface area contributed by atoms with Gasteiger partial charge in [-0.25, -0.2) is 0 Å². The van der Waals surface area contributed by atoms with E-state index < -0.39 is 5.25 Å². The fourth-order valence-corrected chi connectivity index (χ4v) is 2.55. The van der Waals surface area contributed by atoms with Crippen LogP contribution in [0, 0.1) is 13.8 Å². The molecule has 0 spiro atoms. The highest BCUT2D eigenvalue weighted by atomic mass is 32.2. The van der Waals surface area contributed by atoms with Gasteiger partial charge < -0.3 is 20.3 Å². The monoisotopic (exact) mass is 349 g/mol. The standard InChI is InChI=1S/C16H19N3O4S/c1-9-4-5-12(13(20)6-9)17-15(21)8-24-11(3)16(22)18-14-7-10(2)23-19-14/h4-7,11,20H,8H2,1-3H3,(H,17,21)(H,18,19,22)/t11-/m1/s1. The maximum Gasteiger partial charge on any atom is 0.238 e. The summed E-state index contributed by atoms with van der Waals surface area (Å²) in [5.74, 6) is 0.484. The first-order valence-electron chi connectivity index (χ1n) is 7.30. The van der Waals surface area contributed by atoms with Gasteiger partial charge in [0.05, 0.1) is 16.7 Å². The SMILES string of the molecule is Cc1ccc(NC(=O)CS[C@H](C)C(=O)Nc2cc(C)on2)c(O)c1. The fraction of sp³-hybridized carbons (Fsp3) is 0.312. The molecule has 2 amide bonds. The minimum atomic E-state index is -0.445. The van der Waals surface area contributed by atoms with Crippen molar-refractivity contribution < 1.29 is 19.2 Å². The Kier molecular flexibility index (Phi) is 5.86. The fourth-order valence-electron chi connectivity index (χ4n) is 1.86. The second kappa shape index (κ2) is 7.87. The van der Waals surface area contributed by atoms with E-state index in [0.717, 1.165) is 5.56 Å². The average molecular weight is 349 g/mol. The Bertz CT molecular complexity index is 745. The number of thioether (sulfide) groups is 1. The average Bonchev–Trinajstić information content (AvgIpc) is 2.92. The Morgan fingerprint density at radius 3 is 2.67 bits per heavy atom. The van der Waals surface area contributed by atoms with E-state index in [0.29, 0.717) is 17.3 Å². The van der Waals surface area contributed by atoms with Crippen LogP contribution in [-0.4, -0.2) is 33.1 Å². The molecule has 0 fully saturated rings. The number of benzene rings is 1. The molecule has 3 N–H and O–H groups in total. The Morgan fingerprint density at radius 2 is 2.04 bits per heavy atom. The molecule has 0 aliphatic heterocycles. The third-order valence-electron chi connectivity index (χ3n) is 3.14. The van der Waals surface area contributed by atoms with Crippen molar-refractivity contribution in [2.24, 2.45) is 0 Å². The number of rotatable bonds is 6. The quantitative estimate of drug-likeness (QED) is 0.693. The summed E-state index contributed by atoms with van der Waals surface area (Å²) in [6.45, 7) is 5.27. The number of carbonyl (C=O) groups excluding carboxylic acids is 2. The molecule has 0 saturated heterocycles. The van der Waals surface area contributed by atoms with Gasteiger partial charge in [0, 0.05) is 6.07 Å². The summed E-state index contributed by atoms with van der Waals surface area (Å²) in [6, 6.07) is 6.61. The van der Waals surface area contributed by atoms with Gasteiger partial charge in [-0.2, -0.15) is 0 Å². The van der Waals surface area contributed by atoms with Crippen molar-refractivity contribution in [1.82, 2.24) is 5.16 Å². The molecule has 1 heterocycles. The van der Waals surface area contributed by atoms with E-state index in [2.05, 4.69) is 15.8 Å². The molecule has 2 rings (SSSR count). The number of nitrogens with one attached hydrogen (secondary N) is 2. The molecule has 0 aliphatic carbocycles. The zero-order valence-electron chi connectivity index (χ0n) is 13.6. The number of aromatic nitrogens is 1. The van der Waals surface area contributed by atoms with Crippen LogP contribution < -0.4 is 10.6 Å². The van der Waals surface area contributed by atoms with Crippen molar-refractivity contribution in [3.8, 4) is 5.75 Å². The molecule has 0 bridgehead atoms. The second-order valence-electron chi connectivity index (χ2n) is 5.33. The predicted octanol–water partition coefficient (Wildman–Crippen LogP) is 2.70. The van der Waals surface area contributed by atoms with Gasteiger partial charge in [-0.3, -0.25) is 9.59 Å². The molecule has 1 aromatic carbocycles. The summed E-state index contributed by atoms with van der Waals surface area (Å²) in [6.07, 6.45) is 0. The summed E-state index contributed by atoms with van der Waals surface area (Å²) >= 11 is 1.18. The summed E-state index contributed by atoms with van der Waals surface area (Å²) in [4.78, 5) is 23.9. The van der Waals surface area contributed by atoms with Crippen LogP contribution in [0.15, 0.2) is 28.8 Å². The first-order chi connectivity index (χ1) is 11.3. The van der Waals surface area contributed by atoms with Gasteiger partial charge in [0.1, 0.15) is 11.5 Å². The number of carbonyl (C=O) groups is 2. The highest BCUT2D eigenvalue weighted by molar-refractivity contribution is 8.01. The summed E-state index contributed by atoms with van der Waals surface area (Å²) in [5.41, 5.74) is 1.25. The van der Waals surface area contributed by atoms with Gasteiger partial charge in [0.25, 0.3) is 0 Å². The van der Waals surface area contributed by atoms with Crippen LogP contribution in [0.25, 0.3) is 0 Å². The van der Waals surface area contributed by atoms with Crippen molar-refractivity contribution in [2.75, 3.05) is 16.4 Å². The molecule has 1 aromatic heterocycles. The molecule has 0 radical (unpaired) electrons. The van der Waals surface area contributed by atoms with Crippen LogP contribution in [0.1, 0.15) is 18.2 Å². The topological polar surface area (TPSA) is 104 Å². The van der Waals surface area contributed by atoms with Crippen LogP contribution in [0.4, 0.5) is 11.5 Å². The minimum Gasteiger partial charge on any atom is -0.506 e. The highest BCUT2D eigenvalue weighted by Gasteiger charge is 2.17. The van der Waals surface area contributed by atoms with Crippen LogP contribution in [0.3, 0.4) is 0 Å². The second-order valence-corrected chi connectivity index (χ2v) is 6.66. The van der Waals surface area contributed by atoms with Crippen LogP contribution >= 0.6 is 11.8 Å². The first kappa shape index (κ1) is 17.9. The number of hydrogen-bond donors (Lipinski definition) is 3. The lowest BCUT2D eigenvalue weighted by Gasteiger charge is -2.11. The number of aromatic hydroxyl groups is 1. The van der Waals surface area contributed by atoms with E-state index in [1.54, 1.807) is 38.1 Å². The molecular formula is C16H19N3O4S. The van der Waals surface area contributed by atoms with Gasteiger partial charge in [-0.05, 0) is 38.5 Å². The molecule has 7 nitrogen and oxygen atoms in total. The smallest absolute Gasteiger partial charge is 0.238 e. The summed E-state index contributed by atoms with van der Waals surface area (Å²) in [5, 5.41) is 18.2. The van der Waals surface area contributed by atoms with Gasteiger partial charge >= 0.3 is 0 Å². The molecule has 8 heteroatoms. The van der Waals surface area contributed by atoms with Crippen molar-refractivity contribution in [2.45, 2.75) is 26.0 Å². The Hall–Kier alpha value is -2.48. The number of hydrogen-bond acceptors (Lipinski definition) is 6. The zero-order chi connectivity index (χ0) is 17.7. The minimum absolute atomic E-state index is 0.0144. The summed E-state index contributed by atoms with van der Waals surface area (Å²) in [7, 11) is 0. The molecular weight excluding hydrogens is 330 g/mol. The normalized spacial score (nSPS) is 11.8. The van der Waals surface area contributed by atoms with Gasteiger partial charge in [0.2, 0.25) is 11.8 Å². The number of aryl methyl sites for hydroxylation is 2. The lowest BCUT2D eigenvalue weighted by atomic mass is 10.2. The van der Waals surface area contributed by atoms with E-state index >= 15 is 0 Å². The molecule has 0 aliphatic rings. The van der Waals surface area contributed by atoms with E-state index in [4.69, 9.17) is 4.52 Å². The number of nitrogens with zero attached hydrogens (tertiary/aromatic N) is 1. The molecule has 0 unspecified atom stereocenters. The molecule has 2 aromatic rings. The lowest BCUT2D eigenvalue weighted by Crippen LogP contribution is -2.25. The van der Waals surface area contributed by atoms with Crippen LogP contribution in [0.2, 0.25) is 0 Å². The van der Waals surface area contributed by atoms with Crippen molar-refractivity contribution in [3.63, 3.8) is 0 Å². The molecule has 0 saturated carbocycles. The van der Waals surface area contributed by atoms with Gasteiger partial charge in [-0.1, -0.05) is 11.2 Å². The Labute approximate surface area is 143 Å². The summed E-state index contributed by atoms with van der Waals surface area (Å²) < 4.78 is 4.87. The van der Waals surface area contributed by atoms with E-state index in [9.17, 15) is 14.7 Å². The molecule has 24 heavy (non-hydrogen) atoms. The lowest BCUT2D eigenvalue weighted by molar-refractivity contribution is -0.115. The number of phenolic OH excluding ortho intramolecular Hbond substituents is 1. The molecule has 128 valence electrons. The van der Waals surface area contributed by atoms with E-state index in [1.165, 1.54) is 11.8 Å². The zero-order valence-corrected chi connectivity index (χ0v) is 14.4. The maximum atomic E-state index is 12.0. The van der Waals surface area contributed by atoms with Crippen LogP contribution in [0.5, 0.6) is 5.75 Å². The number of amides is 2. The maximum absolute atomic E-state index is 12.0. The third-order valence-corrected chi connectivity index (χ3v) is 4.28. The predicted molar refractivity (Wildman–Crippen MR) is 93.3 cm³/mol.